The third-order valence-corrected chi connectivity index (χ3v) is 4.21. The predicted molar refractivity (Wildman–Crippen MR) is 92.1 cm³/mol. The van der Waals surface area contributed by atoms with Crippen molar-refractivity contribution in [1.82, 2.24) is 14.9 Å². The van der Waals surface area contributed by atoms with Crippen molar-refractivity contribution in [3.05, 3.63) is 52.8 Å². The van der Waals surface area contributed by atoms with Gasteiger partial charge in [-0.05, 0) is 45.0 Å². The maximum atomic E-state index is 12.9. The largest absolute Gasteiger partial charge is 0.443 e. The summed E-state index contributed by atoms with van der Waals surface area (Å²) in [5, 5.41) is 0.796. The number of nitrogens with zero attached hydrogens (tertiary/aromatic N) is 3. The SMILES string of the molecule is Cc1oc2nc(CN(C)CCc3ccc(F)cc3)nc(N)c2c1C. The Morgan fingerprint density at radius 2 is 1.88 bits per heavy atom. The summed E-state index contributed by atoms with van der Waals surface area (Å²) in [5.41, 5.74) is 8.68. The molecule has 2 heterocycles. The predicted octanol–water partition coefficient (Wildman–Crippen LogP) is 3.24. The van der Waals surface area contributed by atoms with Gasteiger partial charge in [-0.25, -0.2) is 9.37 Å². The van der Waals surface area contributed by atoms with Gasteiger partial charge in [0.05, 0.1) is 11.9 Å². The summed E-state index contributed by atoms with van der Waals surface area (Å²) in [6, 6.07) is 6.57. The van der Waals surface area contributed by atoms with Crippen molar-refractivity contribution in [1.29, 1.82) is 0 Å². The van der Waals surface area contributed by atoms with Gasteiger partial charge in [-0.1, -0.05) is 12.1 Å². The van der Waals surface area contributed by atoms with Crippen molar-refractivity contribution in [2.24, 2.45) is 0 Å². The van der Waals surface area contributed by atoms with Crippen molar-refractivity contribution < 1.29 is 8.81 Å². The Labute approximate surface area is 140 Å². The van der Waals surface area contributed by atoms with Crippen molar-refractivity contribution in [3.8, 4) is 0 Å². The number of nitrogens with two attached hydrogens (primary N) is 1. The van der Waals surface area contributed by atoms with E-state index >= 15 is 0 Å². The van der Waals surface area contributed by atoms with Crippen LogP contribution in [-0.2, 0) is 13.0 Å². The Morgan fingerprint density at radius 1 is 1.17 bits per heavy atom. The standard InChI is InChI=1S/C18H21FN4O/c1-11-12(2)24-18-16(11)17(20)21-15(22-18)10-23(3)9-8-13-4-6-14(19)7-5-13/h4-7H,8-10H2,1-3H3,(H2,20,21,22). The first-order valence-corrected chi connectivity index (χ1v) is 7.89. The fourth-order valence-electron chi connectivity index (χ4n) is 2.69. The van der Waals surface area contributed by atoms with E-state index in [1.807, 2.05) is 20.9 Å². The average molecular weight is 328 g/mol. The Morgan fingerprint density at radius 3 is 2.58 bits per heavy atom. The summed E-state index contributed by atoms with van der Waals surface area (Å²) in [4.78, 5) is 11.0. The van der Waals surface area contributed by atoms with Gasteiger partial charge in [0.2, 0.25) is 5.71 Å². The molecule has 0 atom stereocenters. The van der Waals surface area contributed by atoms with Gasteiger partial charge in [-0.2, -0.15) is 4.98 Å². The maximum absolute atomic E-state index is 12.9. The zero-order valence-corrected chi connectivity index (χ0v) is 14.1. The number of fused-ring (bicyclic) bond motifs is 1. The Balaban J connectivity index is 1.68. The van der Waals surface area contributed by atoms with Crippen LogP contribution in [0.5, 0.6) is 0 Å². The molecule has 0 saturated heterocycles. The number of hydrogen-bond donors (Lipinski definition) is 1. The molecule has 3 rings (SSSR count). The molecule has 0 saturated carbocycles. The minimum absolute atomic E-state index is 0.215. The maximum Gasteiger partial charge on any atom is 0.231 e. The van der Waals surface area contributed by atoms with Crippen LogP contribution in [-0.4, -0.2) is 28.5 Å². The van der Waals surface area contributed by atoms with Crippen molar-refractivity contribution in [2.45, 2.75) is 26.8 Å². The zero-order chi connectivity index (χ0) is 17.3. The highest BCUT2D eigenvalue weighted by Gasteiger charge is 2.15. The van der Waals surface area contributed by atoms with Crippen LogP contribution in [0.15, 0.2) is 28.7 Å². The van der Waals surface area contributed by atoms with Gasteiger partial charge in [-0.3, -0.25) is 4.90 Å². The summed E-state index contributed by atoms with van der Waals surface area (Å²) in [6.07, 6.45) is 0.827. The lowest BCUT2D eigenvalue weighted by atomic mass is 10.1. The number of halogens is 1. The molecule has 0 spiro atoms. The molecular formula is C18H21FN4O. The van der Waals surface area contributed by atoms with E-state index < -0.39 is 0 Å². The average Bonchev–Trinajstić information content (AvgIpc) is 2.81. The molecule has 0 unspecified atom stereocenters. The lowest BCUT2D eigenvalue weighted by Crippen LogP contribution is -2.22. The molecule has 2 N–H and O–H groups in total. The van der Waals surface area contributed by atoms with Crippen LogP contribution in [0.4, 0.5) is 10.2 Å². The molecule has 126 valence electrons. The molecule has 0 amide bonds. The van der Waals surface area contributed by atoms with Gasteiger partial charge in [0, 0.05) is 12.1 Å². The van der Waals surface area contributed by atoms with Crippen molar-refractivity contribution >= 4 is 16.9 Å². The molecule has 0 radical (unpaired) electrons. The minimum Gasteiger partial charge on any atom is -0.443 e. The van der Waals surface area contributed by atoms with Gasteiger partial charge in [0.15, 0.2) is 0 Å². The second-order valence-corrected chi connectivity index (χ2v) is 6.10. The second-order valence-electron chi connectivity index (χ2n) is 6.10. The monoisotopic (exact) mass is 328 g/mol. The molecule has 0 fully saturated rings. The topological polar surface area (TPSA) is 68.2 Å². The second kappa shape index (κ2) is 6.57. The van der Waals surface area contributed by atoms with Crippen LogP contribution >= 0.6 is 0 Å². The smallest absolute Gasteiger partial charge is 0.231 e. The Kier molecular flexibility index (Phi) is 4.49. The molecule has 0 bridgehead atoms. The van der Waals surface area contributed by atoms with E-state index in [0.717, 1.165) is 35.2 Å². The van der Waals surface area contributed by atoms with E-state index in [1.54, 1.807) is 12.1 Å². The molecule has 1 aromatic carbocycles. The molecular weight excluding hydrogens is 307 g/mol. The third-order valence-electron chi connectivity index (χ3n) is 4.21. The van der Waals surface area contributed by atoms with Crippen LogP contribution in [0.3, 0.4) is 0 Å². The van der Waals surface area contributed by atoms with Gasteiger partial charge in [0.1, 0.15) is 23.2 Å². The van der Waals surface area contributed by atoms with Gasteiger partial charge < -0.3 is 10.2 Å². The van der Waals surface area contributed by atoms with E-state index in [-0.39, 0.29) is 5.82 Å². The molecule has 24 heavy (non-hydrogen) atoms. The van der Waals surface area contributed by atoms with Crippen LogP contribution in [0.2, 0.25) is 0 Å². The number of anilines is 1. The molecule has 5 nitrogen and oxygen atoms in total. The number of likely N-dealkylation sites (N-methyl/N-ethyl adjacent to an activating group) is 1. The fraction of sp³-hybridized carbons (Fsp3) is 0.333. The first kappa shape index (κ1) is 16.4. The molecule has 0 aliphatic rings. The first-order chi connectivity index (χ1) is 11.4. The number of hydrogen-bond acceptors (Lipinski definition) is 5. The van der Waals surface area contributed by atoms with Gasteiger partial charge in [0.25, 0.3) is 0 Å². The lowest BCUT2D eigenvalue weighted by molar-refractivity contribution is 0.322. The number of aromatic nitrogens is 2. The summed E-state index contributed by atoms with van der Waals surface area (Å²) in [5.74, 6) is 1.69. The molecule has 3 aromatic rings. The van der Waals surface area contributed by atoms with E-state index in [9.17, 15) is 4.39 Å². The molecule has 2 aromatic heterocycles. The summed E-state index contributed by atoms with van der Waals surface area (Å²) in [6.45, 7) is 5.23. The van der Waals surface area contributed by atoms with Gasteiger partial charge in [-0.15, -0.1) is 0 Å². The first-order valence-electron chi connectivity index (χ1n) is 7.89. The van der Waals surface area contributed by atoms with E-state index in [1.165, 1.54) is 12.1 Å². The molecule has 0 aliphatic heterocycles. The van der Waals surface area contributed by atoms with Crippen molar-refractivity contribution in [3.63, 3.8) is 0 Å². The van der Waals surface area contributed by atoms with Crippen LogP contribution in [0.25, 0.3) is 11.1 Å². The normalized spacial score (nSPS) is 11.5. The number of nitrogen functional groups attached to an aromatic ring is 1. The number of furan rings is 1. The Hall–Kier alpha value is -2.47. The highest BCUT2D eigenvalue weighted by Crippen LogP contribution is 2.27. The number of aryl methyl sites for hydroxylation is 2. The van der Waals surface area contributed by atoms with E-state index in [4.69, 9.17) is 10.2 Å². The van der Waals surface area contributed by atoms with Crippen molar-refractivity contribution in [2.75, 3.05) is 19.3 Å². The highest BCUT2D eigenvalue weighted by molar-refractivity contribution is 5.88. The quantitative estimate of drug-likeness (QED) is 0.779. The summed E-state index contributed by atoms with van der Waals surface area (Å²) < 4.78 is 18.6. The number of rotatable bonds is 5. The van der Waals surface area contributed by atoms with E-state index in [0.29, 0.717) is 23.9 Å². The third kappa shape index (κ3) is 3.38. The van der Waals surface area contributed by atoms with E-state index in [2.05, 4.69) is 14.9 Å². The molecule has 6 heteroatoms. The van der Waals surface area contributed by atoms with Crippen LogP contribution in [0, 0.1) is 19.7 Å². The van der Waals surface area contributed by atoms with Crippen LogP contribution < -0.4 is 5.73 Å². The highest BCUT2D eigenvalue weighted by atomic mass is 19.1. The number of benzene rings is 1. The zero-order valence-electron chi connectivity index (χ0n) is 14.1. The summed E-state index contributed by atoms with van der Waals surface area (Å²) in [7, 11) is 1.99. The summed E-state index contributed by atoms with van der Waals surface area (Å²) >= 11 is 0. The molecule has 0 aliphatic carbocycles. The fourth-order valence-corrected chi connectivity index (χ4v) is 2.69. The minimum atomic E-state index is -0.215. The van der Waals surface area contributed by atoms with Crippen LogP contribution in [0.1, 0.15) is 22.7 Å². The Bertz CT molecular complexity index is 858. The lowest BCUT2D eigenvalue weighted by Gasteiger charge is -2.15. The van der Waals surface area contributed by atoms with Gasteiger partial charge >= 0.3 is 0 Å².